The van der Waals surface area contributed by atoms with Crippen LogP contribution in [0.2, 0.25) is 0 Å². The summed E-state index contributed by atoms with van der Waals surface area (Å²) in [6.45, 7) is 4.67. The van der Waals surface area contributed by atoms with Crippen LogP contribution in [0, 0.1) is 5.92 Å². The van der Waals surface area contributed by atoms with Gasteiger partial charge in [0.15, 0.2) is 0 Å². The van der Waals surface area contributed by atoms with Crippen LogP contribution < -0.4 is 5.32 Å². The molecule has 0 aromatic heterocycles. The summed E-state index contributed by atoms with van der Waals surface area (Å²) in [4.78, 5) is 0.710. The predicted molar refractivity (Wildman–Crippen MR) is 67.1 cm³/mol. The van der Waals surface area contributed by atoms with Crippen molar-refractivity contribution >= 4 is 15.9 Å². The number of halogens is 1. The molecule has 1 fully saturated rings. The molecule has 0 heterocycles. The van der Waals surface area contributed by atoms with Crippen LogP contribution in [0.5, 0.6) is 0 Å². The molecule has 84 valence electrons. The average Bonchev–Trinajstić information content (AvgIpc) is 2.25. The molecule has 1 aliphatic carbocycles. The highest BCUT2D eigenvalue weighted by atomic mass is 79.9. The quantitative estimate of drug-likeness (QED) is 0.568. The SMILES string of the molecule is CCC(Br)CCNCC1CCCCC1. The third-order valence-electron chi connectivity index (χ3n) is 3.24. The largest absolute Gasteiger partial charge is 0.316 e. The van der Waals surface area contributed by atoms with Crippen LogP contribution in [-0.4, -0.2) is 17.9 Å². The molecule has 1 rings (SSSR count). The van der Waals surface area contributed by atoms with Crippen LogP contribution in [0.3, 0.4) is 0 Å². The maximum Gasteiger partial charge on any atom is 0.0155 e. The van der Waals surface area contributed by atoms with Crippen molar-refractivity contribution in [1.82, 2.24) is 5.32 Å². The summed E-state index contributed by atoms with van der Waals surface area (Å²) < 4.78 is 0. The van der Waals surface area contributed by atoms with Gasteiger partial charge in [0.05, 0.1) is 0 Å². The number of alkyl halides is 1. The molecule has 1 saturated carbocycles. The van der Waals surface area contributed by atoms with Gasteiger partial charge in [-0.25, -0.2) is 0 Å². The van der Waals surface area contributed by atoms with Gasteiger partial charge in [-0.15, -0.1) is 0 Å². The van der Waals surface area contributed by atoms with Crippen LogP contribution in [-0.2, 0) is 0 Å². The van der Waals surface area contributed by atoms with Crippen LogP contribution in [0.15, 0.2) is 0 Å². The molecule has 0 radical (unpaired) electrons. The van der Waals surface area contributed by atoms with Crippen molar-refractivity contribution in [2.75, 3.05) is 13.1 Å². The van der Waals surface area contributed by atoms with E-state index >= 15 is 0 Å². The van der Waals surface area contributed by atoms with Crippen molar-refractivity contribution in [3.63, 3.8) is 0 Å². The van der Waals surface area contributed by atoms with E-state index in [1.807, 2.05) is 0 Å². The Balaban J connectivity index is 1.92. The van der Waals surface area contributed by atoms with Crippen molar-refractivity contribution in [2.24, 2.45) is 5.92 Å². The summed E-state index contributed by atoms with van der Waals surface area (Å²) in [7, 11) is 0. The summed E-state index contributed by atoms with van der Waals surface area (Å²) in [6, 6.07) is 0. The Bertz CT molecular complexity index is 132. The smallest absolute Gasteiger partial charge is 0.0155 e. The zero-order chi connectivity index (χ0) is 10.2. The minimum absolute atomic E-state index is 0.710. The first kappa shape index (κ1) is 12.5. The second-order valence-electron chi connectivity index (χ2n) is 4.50. The van der Waals surface area contributed by atoms with E-state index in [2.05, 4.69) is 28.2 Å². The number of hydrogen-bond donors (Lipinski definition) is 1. The summed E-state index contributed by atoms with van der Waals surface area (Å²) in [5.74, 6) is 0.971. The molecule has 0 amide bonds. The molecule has 0 aromatic carbocycles. The standard InChI is InChI=1S/C12H24BrN/c1-2-12(13)8-9-14-10-11-6-4-3-5-7-11/h11-12,14H,2-10H2,1H3. The average molecular weight is 262 g/mol. The molecule has 1 N–H and O–H groups in total. The number of hydrogen-bond acceptors (Lipinski definition) is 1. The maximum absolute atomic E-state index is 3.66. The highest BCUT2D eigenvalue weighted by Crippen LogP contribution is 2.22. The van der Waals surface area contributed by atoms with E-state index in [-0.39, 0.29) is 0 Å². The van der Waals surface area contributed by atoms with Gasteiger partial charge in [-0.05, 0) is 44.7 Å². The van der Waals surface area contributed by atoms with Gasteiger partial charge in [0.1, 0.15) is 0 Å². The molecule has 0 bridgehead atoms. The first-order valence-electron chi connectivity index (χ1n) is 6.17. The van der Waals surface area contributed by atoms with Crippen LogP contribution in [0.25, 0.3) is 0 Å². The Morgan fingerprint density at radius 2 is 2.00 bits per heavy atom. The fourth-order valence-corrected chi connectivity index (χ4v) is 2.39. The van der Waals surface area contributed by atoms with Gasteiger partial charge in [0.2, 0.25) is 0 Å². The van der Waals surface area contributed by atoms with E-state index in [0.29, 0.717) is 4.83 Å². The highest BCUT2D eigenvalue weighted by Gasteiger charge is 2.12. The Kier molecular flexibility index (Phi) is 6.88. The van der Waals surface area contributed by atoms with Gasteiger partial charge in [0, 0.05) is 4.83 Å². The Morgan fingerprint density at radius 1 is 1.29 bits per heavy atom. The third-order valence-corrected chi connectivity index (χ3v) is 4.34. The van der Waals surface area contributed by atoms with Gasteiger partial charge in [0.25, 0.3) is 0 Å². The lowest BCUT2D eigenvalue weighted by Crippen LogP contribution is -2.26. The highest BCUT2D eigenvalue weighted by molar-refractivity contribution is 9.09. The van der Waals surface area contributed by atoms with Crippen LogP contribution >= 0.6 is 15.9 Å². The Labute approximate surface area is 97.2 Å². The Morgan fingerprint density at radius 3 is 2.64 bits per heavy atom. The predicted octanol–water partition coefficient (Wildman–Crippen LogP) is 3.72. The van der Waals surface area contributed by atoms with Crippen molar-refractivity contribution < 1.29 is 0 Å². The van der Waals surface area contributed by atoms with E-state index in [1.165, 1.54) is 58.0 Å². The van der Waals surface area contributed by atoms with Gasteiger partial charge in [-0.3, -0.25) is 0 Å². The van der Waals surface area contributed by atoms with Gasteiger partial charge in [-0.2, -0.15) is 0 Å². The second-order valence-corrected chi connectivity index (χ2v) is 5.80. The zero-order valence-electron chi connectivity index (χ0n) is 9.40. The molecule has 0 spiro atoms. The first-order chi connectivity index (χ1) is 6.83. The summed E-state index contributed by atoms with van der Waals surface area (Å²) >= 11 is 3.66. The third kappa shape index (κ3) is 5.35. The summed E-state index contributed by atoms with van der Waals surface area (Å²) in [5.41, 5.74) is 0. The topological polar surface area (TPSA) is 12.0 Å². The van der Waals surface area contributed by atoms with E-state index in [9.17, 15) is 0 Å². The van der Waals surface area contributed by atoms with Crippen LogP contribution in [0.4, 0.5) is 0 Å². The monoisotopic (exact) mass is 261 g/mol. The number of nitrogens with one attached hydrogen (secondary N) is 1. The van der Waals surface area contributed by atoms with E-state index in [1.54, 1.807) is 0 Å². The van der Waals surface area contributed by atoms with Gasteiger partial charge >= 0.3 is 0 Å². The zero-order valence-corrected chi connectivity index (χ0v) is 11.0. The normalized spacial score (nSPS) is 21.0. The molecule has 0 saturated heterocycles. The lowest BCUT2D eigenvalue weighted by atomic mass is 9.89. The van der Waals surface area contributed by atoms with Crippen molar-refractivity contribution in [1.29, 1.82) is 0 Å². The molecule has 0 aliphatic heterocycles. The minimum atomic E-state index is 0.710. The number of rotatable bonds is 6. The second kappa shape index (κ2) is 7.70. The molecule has 1 unspecified atom stereocenters. The fraction of sp³-hybridized carbons (Fsp3) is 1.00. The fourth-order valence-electron chi connectivity index (χ4n) is 2.16. The van der Waals surface area contributed by atoms with Crippen molar-refractivity contribution in [3.8, 4) is 0 Å². The molecule has 2 heteroatoms. The van der Waals surface area contributed by atoms with Gasteiger partial charge in [-0.1, -0.05) is 42.1 Å². The molecular weight excluding hydrogens is 238 g/mol. The molecule has 1 aliphatic rings. The molecule has 0 aromatic rings. The minimum Gasteiger partial charge on any atom is -0.316 e. The summed E-state index contributed by atoms with van der Waals surface area (Å²) in [5, 5.41) is 3.59. The molecule has 1 atom stereocenters. The Hall–Kier alpha value is 0.440. The van der Waals surface area contributed by atoms with Crippen molar-refractivity contribution in [2.45, 2.75) is 56.7 Å². The van der Waals surface area contributed by atoms with Crippen molar-refractivity contribution in [3.05, 3.63) is 0 Å². The molecule has 14 heavy (non-hydrogen) atoms. The lowest BCUT2D eigenvalue weighted by Gasteiger charge is -2.22. The van der Waals surface area contributed by atoms with E-state index in [4.69, 9.17) is 0 Å². The summed E-state index contributed by atoms with van der Waals surface area (Å²) in [6.07, 6.45) is 9.81. The van der Waals surface area contributed by atoms with E-state index in [0.717, 1.165) is 5.92 Å². The van der Waals surface area contributed by atoms with Crippen LogP contribution in [0.1, 0.15) is 51.9 Å². The van der Waals surface area contributed by atoms with E-state index < -0.39 is 0 Å². The lowest BCUT2D eigenvalue weighted by molar-refractivity contribution is 0.342. The first-order valence-corrected chi connectivity index (χ1v) is 7.09. The molecule has 1 nitrogen and oxygen atoms in total. The van der Waals surface area contributed by atoms with Gasteiger partial charge < -0.3 is 5.32 Å². The molecular formula is C12H24BrN. The maximum atomic E-state index is 3.66.